The maximum Gasteiger partial charge on any atom is 0.231 e. The predicted molar refractivity (Wildman–Crippen MR) is 90.6 cm³/mol. The highest BCUT2D eigenvalue weighted by Crippen LogP contribution is 2.41. The Bertz CT molecular complexity index is 757. The van der Waals surface area contributed by atoms with Crippen LogP contribution in [0.4, 0.5) is 0 Å². The van der Waals surface area contributed by atoms with Crippen molar-refractivity contribution >= 4 is 0 Å². The zero-order valence-corrected chi connectivity index (χ0v) is 14.2. The maximum atomic E-state index is 10.7. The number of quaternary nitrogens is 1. The van der Waals surface area contributed by atoms with Crippen LogP contribution < -0.4 is 19.1 Å². The van der Waals surface area contributed by atoms with E-state index in [2.05, 4.69) is 6.07 Å². The van der Waals surface area contributed by atoms with E-state index in [0.717, 1.165) is 30.0 Å². The van der Waals surface area contributed by atoms with E-state index >= 15 is 0 Å². The van der Waals surface area contributed by atoms with Gasteiger partial charge in [0.1, 0.15) is 30.6 Å². The molecular formula is C19H22NO5+. The Hall–Kier alpha value is -2.44. The third-order valence-electron chi connectivity index (χ3n) is 4.83. The Labute approximate surface area is 146 Å². The molecule has 2 aromatic rings. The largest absolute Gasteiger partial charge is 0.507 e. The minimum atomic E-state index is -0.0745. The van der Waals surface area contributed by atoms with Gasteiger partial charge in [0.2, 0.25) is 6.79 Å². The summed E-state index contributed by atoms with van der Waals surface area (Å²) in [4.78, 5) is 1.32. The van der Waals surface area contributed by atoms with Crippen LogP contribution >= 0.6 is 0 Å². The SMILES string of the molecule is COc1ccccc1[C@@H](c1cc2c(cc1O)OCO2)[NH+]1CCOCC1. The molecule has 132 valence electrons. The summed E-state index contributed by atoms with van der Waals surface area (Å²) in [6, 6.07) is 11.4. The van der Waals surface area contributed by atoms with E-state index in [4.69, 9.17) is 18.9 Å². The molecule has 25 heavy (non-hydrogen) atoms. The van der Waals surface area contributed by atoms with Gasteiger partial charge in [-0.3, -0.25) is 0 Å². The molecule has 0 aromatic heterocycles. The molecule has 0 unspecified atom stereocenters. The zero-order valence-electron chi connectivity index (χ0n) is 14.2. The minimum Gasteiger partial charge on any atom is -0.507 e. The number of morpholine rings is 1. The van der Waals surface area contributed by atoms with Gasteiger partial charge in [-0.25, -0.2) is 0 Å². The molecule has 0 saturated carbocycles. The molecule has 6 nitrogen and oxygen atoms in total. The van der Waals surface area contributed by atoms with Gasteiger partial charge in [0.25, 0.3) is 0 Å². The van der Waals surface area contributed by atoms with E-state index in [1.54, 1.807) is 13.2 Å². The van der Waals surface area contributed by atoms with E-state index < -0.39 is 0 Å². The summed E-state index contributed by atoms with van der Waals surface area (Å²) in [7, 11) is 1.67. The van der Waals surface area contributed by atoms with E-state index in [-0.39, 0.29) is 18.6 Å². The smallest absolute Gasteiger partial charge is 0.231 e. The standard InChI is InChI=1S/C19H21NO5/c1-22-16-5-3-2-4-13(16)19(20-6-8-23-9-7-20)14-10-17-18(11-15(14)21)25-12-24-17/h2-5,10-11,19,21H,6-9,12H2,1H3/p+1/t19-/m0/s1. The normalized spacial score (nSPS) is 18.1. The average Bonchev–Trinajstić information content (AvgIpc) is 3.10. The van der Waals surface area contributed by atoms with Crippen LogP contribution in [-0.4, -0.2) is 45.3 Å². The van der Waals surface area contributed by atoms with Crippen LogP contribution in [0.1, 0.15) is 17.2 Å². The van der Waals surface area contributed by atoms with Gasteiger partial charge in [-0.15, -0.1) is 0 Å². The summed E-state index contributed by atoms with van der Waals surface area (Å²) in [6.45, 7) is 3.30. The lowest BCUT2D eigenvalue weighted by Gasteiger charge is -2.33. The molecule has 2 heterocycles. The highest BCUT2D eigenvalue weighted by atomic mass is 16.7. The molecule has 0 bridgehead atoms. The Morgan fingerprint density at radius 3 is 2.52 bits per heavy atom. The molecule has 0 aliphatic carbocycles. The van der Waals surface area contributed by atoms with Gasteiger partial charge in [0, 0.05) is 6.07 Å². The van der Waals surface area contributed by atoms with Crippen LogP contribution in [-0.2, 0) is 4.74 Å². The van der Waals surface area contributed by atoms with E-state index in [1.165, 1.54) is 4.90 Å². The molecule has 2 N–H and O–H groups in total. The molecule has 2 aromatic carbocycles. The van der Waals surface area contributed by atoms with Crippen LogP contribution in [0.15, 0.2) is 36.4 Å². The second kappa shape index (κ2) is 6.82. The number of benzene rings is 2. The molecule has 1 saturated heterocycles. The number of fused-ring (bicyclic) bond motifs is 1. The topological polar surface area (TPSA) is 61.6 Å². The Morgan fingerprint density at radius 1 is 1.04 bits per heavy atom. The fourth-order valence-electron chi connectivity index (χ4n) is 3.61. The summed E-state index contributed by atoms with van der Waals surface area (Å²) in [6.07, 6.45) is 0. The molecular weight excluding hydrogens is 322 g/mol. The Kier molecular flexibility index (Phi) is 4.38. The fourth-order valence-corrected chi connectivity index (χ4v) is 3.61. The Morgan fingerprint density at radius 2 is 1.76 bits per heavy atom. The van der Waals surface area contributed by atoms with E-state index in [1.807, 2.05) is 24.3 Å². The van der Waals surface area contributed by atoms with Crippen molar-refractivity contribution in [3.8, 4) is 23.0 Å². The summed E-state index contributed by atoms with van der Waals surface area (Å²) in [5.74, 6) is 2.26. The van der Waals surface area contributed by atoms with Crippen molar-refractivity contribution in [1.82, 2.24) is 0 Å². The van der Waals surface area contributed by atoms with Crippen molar-refractivity contribution in [1.29, 1.82) is 0 Å². The molecule has 6 heteroatoms. The second-order valence-electron chi connectivity index (χ2n) is 6.21. The van der Waals surface area contributed by atoms with Crippen molar-refractivity contribution in [3.63, 3.8) is 0 Å². The van der Waals surface area contributed by atoms with Crippen LogP contribution in [0.5, 0.6) is 23.0 Å². The molecule has 0 spiro atoms. The number of rotatable bonds is 4. The van der Waals surface area contributed by atoms with Crippen molar-refractivity contribution in [3.05, 3.63) is 47.5 Å². The average molecular weight is 344 g/mol. The molecule has 1 atom stereocenters. The van der Waals surface area contributed by atoms with E-state index in [9.17, 15) is 5.11 Å². The quantitative estimate of drug-likeness (QED) is 0.871. The van der Waals surface area contributed by atoms with Gasteiger partial charge >= 0.3 is 0 Å². The lowest BCUT2D eigenvalue weighted by Crippen LogP contribution is -3.14. The van der Waals surface area contributed by atoms with Crippen LogP contribution in [0.3, 0.4) is 0 Å². The van der Waals surface area contributed by atoms with Gasteiger partial charge in [0.15, 0.2) is 11.5 Å². The monoisotopic (exact) mass is 344 g/mol. The lowest BCUT2D eigenvalue weighted by atomic mass is 9.94. The van der Waals surface area contributed by atoms with Gasteiger partial charge in [-0.1, -0.05) is 12.1 Å². The third kappa shape index (κ3) is 2.99. The number of para-hydroxylation sites is 1. The summed E-state index contributed by atoms with van der Waals surface area (Å²) >= 11 is 0. The van der Waals surface area contributed by atoms with Crippen molar-refractivity contribution < 1.29 is 29.0 Å². The summed E-state index contributed by atoms with van der Waals surface area (Å²) in [5, 5.41) is 10.7. The predicted octanol–water partition coefficient (Wildman–Crippen LogP) is 1.13. The van der Waals surface area contributed by atoms with Gasteiger partial charge < -0.3 is 29.0 Å². The van der Waals surface area contributed by atoms with Crippen molar-refractivity contribution in [2.45, 2.75) is 6.04 Å². The first-order chi connectivity index (χ1) is 12.3. The molecule has 1 fully saturated rings. The first-order valence-corrected chi connectivity index (χ1v) is 8.45. The van der Waals surface area contributed by atoms with Crippen molar-refractivity contribution in [2.24, 2.45) is 0 Å². The number of methoxy groups -OCH3 is 1. The summed E-state index contributed by atoms with van der Waals surface area (Å²) in [5.41, 5.74) is 1.85. The van der Waals surface area contributed by atoms with Gasteiger partial charge in [-0.2, -0.15) is 0 Å². The first-order valence-electron chi connectivity index (χ1n) is 8.45. The Balaban J connectivity index is 1.83. The fraction of sp³-hybridized carbons (Fsp3) is 0.368. The van der Waals surface area contributed by atoms with Gasteiger partial charge in [0.05, 0.1) is 31.5 Å². The molecule has 0 radical (unpaired) electrons. The number of phenols is 1. The number of aromatic hydroxyl groups is 1. The van der Waals surface area contributed by atoms with E-state index in [0.29, 0.717) is 24.7 Å². The second-order valence-corrected chi connectivity index (χ2v) is 6.21. The lowest BCUT2D eigenvalue weighted by molar-refractivity contribution is -0.933. The van der Waals surface area contributed by atoms with Crippen LogP contribution in [0.2, 0.25) is 0 Å². The summed E-state index contributed by atoms with van der Waals surface area (Å²) < 4.78 is 22.0. The van der Waals surface area contributed by atoms with Gasteiger partial charge in [-0.05, 0) is 18.2 Å². The number of nitrogens with one attached hydrogen (secondary N) is 1. The zero-order chi connectivity index (χ0) is 17.2. The van der Waals surface area contributed by atoms with Crippen LogP contribution in [0, 0.1) is 0 Å². The molecule has 2 aliphatic rings. The maximum absolute atomic E-state index is 10.7. The molecule has 2 aliphatic heterocycles. The number of hydrogen-bond donors (Lipinski definition) is 2. The minimum absolute atomic E-state index is 0.0745. The number of ether oxygens (including phenoxy) is 4. The first kappa shape index (κ1) is 16.1. The highest BCUT2D eigenvalue weighted by Gasteiger charge is 2.34. The number of phenolic OH excluding ortho intramolecular Hbond substituents is 1. The third-order valence-corrected chi connectivity index (χ3v) is 4.83. The number of hydrogen-bond acceptors (Lipinski definition) is 5. The van der Waals surface area contributed by atoms with Crippen molar-refractivity contribution in [2.75, 3.05) is 40.2 Å². The molecule has 0 amide bonds. The highest BCUT2D eigenvalue weighted by molar-refractivity contribution is 5.54. The molecule has 4 rings (SSSR count). The van der Waals surface area contributed by atoms with Crippen LogP contribution in [0.25, 0.3) is 0 Å².